The highest BCUT2D eigenvalue weighted by atomic mass is 19.4. The van der Waals surface area contributed by atoms with Crippen LogP contribution in [0.25, 0.3) is 0 Å². The summed E-state index contributed by atoms with van der Waals surface area (Å²) in [6, 6.07) is 0. The van der Waals surface area contributed by atoms with Crippen molar-refractivity contribution in [2.75, 3.05) is 13.1 Å². The highest BCUT2D eigenvalue weighted by molar-refractivity contribution is 5.49. The first-order valence-corrected chi connectivity index (χ1v) is 6.15. The lowest BCUT2D eigenvalue weighted by molar-refractivity contribution is -0.148. The molecular weight excluding hydrogens is 275 g/mol. The predicted octanol–water partition coefficient (Wildman–Crippen LogP) is 1.50. The fourth-order valence-corrected chi connectivity index (χ4v) is 2.85. The molecule has 108 valence electrons. The van der Waals surface area contributed by atoms with Crippen LogP contribution in [-0.2, 0) is 11.0 Å². The number of halogens is 3. The summed E-state index contributed by atoms with van der Waals surface area (Å²) in [5.74, 6) is -0.105. The van der Waals surface area contributed by atoms with E-state index >= 15 is 0 Å². The molecule has 2 heterocycles. The average Bonchev–Trinajstić information content (AvgIpc) is 2.30. The fourth-order valence-electron chi connectivity index (χ4n) is 2.85. The van der Waals surface area contributed by atoms with Gasteiger partial charge >= 0.3 is 6.18 Å². The van der Waals surface area contributed by atoms with Crippen molar-refractivity contribution in [2.45, 2.75) is 25.1 Å². The zero-order valence-corrected chi connectivity index (χ0v) is 10.4. The van der Waals surface area contributed by atoms with E-state index in [1.165, 1.54) is 6.20 Å². The van der Waals surface area contributed by atoms with Crippen LogP contribution in [0.15, 0.2) is 12.4 Å². The Balaban J connectivity index is 1.57. The number of alkyl halides is 3. The van der Waals surface area contributed by atoms with Crippen molar-refractivity contribution in [3.63, 3.8) is 0 Å². The molecule has 3 rings (SSSR count). The second-order valence-electron chi connectivity index (χ2n) is 5.40. The predicted molar refractivity (Wildman–Crippen MR) is 60.8 cm³/mol. The van der Waals surface area contributed by atoms with E-state index in [-0.39, 0.29) is 17.4 Å². The molecule has 5 nitrogen and oxygen atoms in total. The maximum absolute atomic E-state index is 12.5. The molecule has 1 aromatic heterocycles. The smallest absolute Gasteiger partial charge is 0.435 e. The van der Waals surface area contributed by atoms with Crippen molar-refractivity contribution >= 4 is 6.41 Å². The molecule has 1 amide bonds. The molecular formula is C12H12F3N3O2. The maximum Gasteiger partial charge on any atom is 0.435 e. The SMILES string of the molecule is O=CN1CC2(CC(Oc3cncc(C(F)(F)F)n3)C2)C1. The van der Waals surface area contributed by atoms with Crippen molar-refractivity contribution in [3.8, 4) is 5.88 Å². The summed E-state index contributed by atoms with van der Waals surface area (Å²) in [7, 11) is 0. The molecule has 1 spiro atoms. The van der Waals surface area contributed by atoms with Gasteiger partial charge in [0.15, 0.2) is 5.69 Å². The molecule has 1 aliphatic heterocycles. The summed E-state index contributed by atoms with van der Waals surface area (Å²) < 4.78 is 42.8. The number of aromatic nitrogens is 2. The molecule has 20 heavy (non-hydrogen) atoms. The minimum atomic E-state index is -4.52. The van der Waals surface area contributed by atoms with Crippen LogP contribution in [0.1, 0.15) is 18.5 Å². The van der Waals surface area contributed by atoms with Gasteiger partial charge in [-0.05, 0) is 12.8 Å². The second-order valence-corrected chi connectivity index (χ2v) is 5.40. The Morgan fingerprint density at radius 1 is 1.35 bits per heavy atom. The summed E-state index contributed by atoms with van der Waals surface area (Å²) in [4.78, 5) is 19.1. The standard InChI is InChI=1S/C12H12F3N3O2/c13-12(14,15)9-3-16-4-10(17-9)20-8-1-11(2-8)5-18(6-11)7-19/h3-4,7-8H,1-2,5-6H2. The van der Waals surface area contributed by atoms with E-state index < -0.39 is 11.9 Å². The Kier molecular flexibility index (Phi) is 2.84. The first-order chi connectivity index (χ1) is 9.40. The highest BCUT2D eigenvalue weighted by Crippen LogP contribution is 2.49. The summed E-state index contributed by atoms with van der Waals surface area (Å²) in [5, 5.41) is 0. The summed E-state index contributed by atoms with van der Waals surface area (Å²) in [6.07, 6.45) is -0.558. The van der Waals surface area contributed by atoms with E-state index in [2.05, 4.69) is 9.97 Å². The van der Waals surface area contributed by atoms with Crippen molar-refractivity contribution in [1.82, 2.24) is 14.9 Å². The lowest BCUT2D eigenvalue weighted by atomic mass is 9.62. The molecule has 1 aliphatic carbocycles. The zero-order valence-electron chi connectivity index (χ0n) is 10.4. The highest BCUT2D eigenvalue weighted by Gasteiger charge is 2.53. The molecule has 0 unspecified atom stereocenters. The lowest BCUT2D eigenvalue weighted by Gasteiger charge is -2.57. The fraction of sp³-hybridized carbons (Fsp3) is 0.583. The molecule has 8 heteroatoms. The van der Waals surface area contributed by atoms with Gasteiger partial charge in [0.05, 0.1) is 12.4 Å². The third-order valence-corrected chi connectivity index (χ3v) is 3.74. The zero-order chi connectivity index (χ0) is 14.4. The van der Waals surface area contributed by atoms with Gasteiger partial charge in [0.2, 0.25) is 12.3 Å². The number of amides is 1. The third-order valence-electron chi connectivity index (χ3n) is 3.74. The van der Waals surface area contributed by atoms with Crippen molar-refractivity contribution in [1.29, 1.82) is 0 Å². The normalized spacial score (nSPS) is 21.2. The van der Waals surface area contributed by atoms with Gasteiger partial charge in [-0.1, -0.05) is 0 Å². The largest absolute Gasteiger partial charge is 0.473 e. The van der Waals surface area contributed by atoms with Gasteiger partial charge < -0.3 is 9.64 Å². The Labute approximate surface area is 112 Å². The number of hydrogen-bond acceptors (Lipinski definition) is 4. The minimum absolute atomic E-state index is 0.0979. The number of rotatable bonds is 3. The van der Waals surface area contributed by atoms with Gasteiger partial charge in [0.1, 0.15) is 6.10 Å². The number of carbonyl (C=O) groups excluding carboxylic acids is 1. The molecule has 1 saturated heterocycles. The molecule has 0 atom stereocenters. The Bertz CT molecular complexity index is 521. The first-order valence-electron chi connectivity index (χ1n) is 6.15. The van der Waals surface area contributed by atoms with Crippen LogP contribution in [0.3, 0.4) is 0 Å². The van der Waals surface area contributed by atoms with Gasteiger partial charge in [0.25, 0.3) is 0 Å². The van der Waals surface area contributed by atoms with Crippen molar-refractivity contribution < 1.29 is 22.7 Å². The van der Waals surface area contributed by atoms with Crippen molar-refractivity contribution in [3.05, 3.63) is 18.1 Å². The molecule has 0 aromatic carbocycles. The number of hydrogen-bond donors (Lipinski definition) is 0. The van der Waals surface area contributed by atoms with Crippen LogP contribution in [-0.4, -0.2) is 40.5 Å². The molecule has 2 aliphatic rings. The molecule has 0 N–H and O–H groups in total. The molecule has 0 radical (unpaired) electrons. The Hall–Kier alpha value is -1.86. The monoisotopic (exact) mass is 287 g/mol. The van der Waals surface area contributed by atoms with Gasteiger partial charge in [-0.25, -0.2) is 4.98 Å². The van der Waals surface area contributed by atoms with Crippen LogP contribution in [0.4, 0.5) is 13.2 Å². The molecule has 2 fully saturated rings. The Morgan fingerprint density at radius 2 is 2.05 bits per heavy atom. The molecule has 1 aromatic rings. The van der Waals surface area contributed by atoms with E-state index in [4.69, 9.17) is 4.74 Å². The lowest BCUT2D eigenvalue weighted by Crippen LogP contribution is -2.64. The van der Waals surface area contributed by atoms with Crippen LogP contribution in [0.2, 0.25) is 0 Å². The van der Waals surface area contributed by atoms with Crippen LogP contribution in [0, 0.1) is 5.41 Å². The minimum Gasteiger partial charge on any atom is -0.473 e. The second kappa shape index (κ2) is 4.32. The first kappa shape index (κ1) is 13.1. The molecule has 0 bridgehead atoms. The topological polar surface area (TPSA) is 55.3 Å². The number of likely N-dealkylation sites (tertiary alicyclic amines) is 1. The average molecular weight is 287 g/mol. The maximum atomic E-state index is 12.5. The van der Waals surface area contributed by atoms with Gasteiger partial charge in [-0.2, -0.15) is 13.2 Å². The van der Waals surface area contributed by atoms with Crippen LogP contribution < -0.4 is 4.74 Å². The van der Waals surface area contributed by atoms with Gasteiger partial charge in [-0.15, -0.1) is 0 Å². The van der Waals surface area contributed by atoms with E-state index in [1.54, 1.807) is 4.90 Å². The van der Waals surface area contributed by atoms with Crippen LogP contribution in [0.5, 0.6) is 5.88 Å². The van der Waals surface area contributed by atoms with Crippen LogP contribution >= 0.6 is 0 Å². The number of ether oxygens (including phenoxy) is 1. The van der Waals surface area contributed by atoms with E-state index in [9.17, 15) is 18.0 Å². The van der Waals surface area contributed by atoms with Gasteiger partial charge in [0, 0.05) is 18.5 Å². The summed E-state index contributed by atoms with van der Waals surface area (Å²) in [5.41, 5.74) is -0.958. The van der Waals surface area contributed by atoms with E-state index in [1.807, 2.05) is 0 Å². The Morgan fingerprint density at radius 3 is 2.65 bits per heavy atom. The van der Waals surface area contributed by atoms with Crippen molar-refractivity contribution in [2.24, 2.45) is 5.41 Å². The quantitative estimate of drug-likeness (QED) is 0.790. The van der Waals surface area contributed by atoms with E-state index in [0.29, 0.717) is 19.3 Å². The molecule has 1 saturated carbocycles. The third kappa shape index (κ3) is 2.30. The number of carbonyl (C=O) groups is 1. The summed E-state index contributed by atoms with van der Waals surface area (Å²) in [6.45, 7) is 1.40. The van der Waals surface area contributed by atoms with E-state index in [0.717, 1.165) is 19.3 Å². The van der Waals surface area contributed by atoms with Gasteiger partial charge in [-0.3, -0.25) is 9.78 Å². The summed E-state index contributed by atoms with van der Waals surface area (Å²) >= 11 is 0. The number of nitrogens with zero attached hydrogens (tertiary/aromatic N) is 3.